The van der Waals surface area contributed by atoms with Crippen LogP contribution in [0.4, 0.5) is 4.39 Å². The van der Waals surface area contributed by atoms with E-state index in [4.69, 9.17) is 0 Å². The molecule has 0 saturated carbocycles. The van der Waals surface area contributed by atoms with Crippen molar-refractivity contribution in [2.45, 2.75) is 44.1 Å². The third-order valence-corrected chi connectivity index (χ3v) is 7.99. The number of hydrogen-bond acceptors (Lipinski definition) is 3. The molecule has 2 atom stereocenters. The fourth-order valence-corrected chi connectivity index (χ4v) is 5.72. The number of rotatable bonds is 9. The maximum atomic E-state index is 13.5. The molecular formula is C29H33FN2O3S. The lowest BCUT2D eigenvalue weighted by Gasteiger charge is -2.44. The minimum atomic E-state index is -3.24. The summed E-state index contributed by atoms with van der Waals surface area (Å²) < 4.78 is 38.7. The molecule has 1 heterocycles. The molecule has 4 rings (SSSR count). The lowest BCUT2D eigenvalue weighted by atomic mass is 9.69. The number of halogens is 1. The Kier molecular flexibility index (Phi) is 7.91. The Labute approximate surface area is 213 Å². The molecule has 1 aliphatic rings. The highest BCUT2D eigenvalue weighted by molar-refractivity contribution is 7.88. The number of nitrogens with one attached hydrogen (secondary N) is 1. The maximum Gasteiger partial charge on any atom is 0.223 e. The van der Waals surface area contributed by atoms with Crippen LogP contribution in [0.3, 0.4) is 0 Å². The smallest absolute Gasteiger partial charge is 0.223 e. The van der Waals surface area contributed by atoms with E-state index in [1.807, 2.05) is 47.4 Å². The van der Waals surface area contributed by atoms with Crippen molar-refractivity contribution in [3.63, 3.8) is 0 Å². The van der Waals surface area contributed by atoms with Crippen molar-refractivity contribution in [1.82, 2.24) is 9.62 Å². The van der Waals surface area contributed by atoms with Gasteiger partial charge in [-0.05, 0) is 60.6 Å². The number of amides is 1. The van der Waals surface area contributed by atoms with E-state index in [1.54, 1.807) is 12.1 Å². The molecule has 0 aromatic heterocycles. The summed E-state index contributed by atoms with van der Waals surface area (Å²) >= 11 is 0. The Balaban J connectivity index is 1.47. The predicted molar refractivity (Wildman–Crippen MR) is 141 cm³/mol. The molecule has 1 fully saturated rings. The van der Waals surface area contributed by atoms with Crippen LogP contribution in [-0.4, -0.2) is 38.6 Å². The molecule has 1 amide bonds. The highest BCUT2D eigenvalue weighted by Gasteiger charge is 2.41. The number of likely N-dealkylation sites (tertiary alicyclic amines) is 1. The number of nitrogens with zero attached hydrogens (tertiary/aromatic N) is 1. The maximum absolute atomic E-state index is 13.5. The monoisotopic (exact) mass is 508 g/mol. The summed E-state index contributed by atoms with van der Waals surface area (Å²) in [5.41, 5.74) is 3.83. The minimum Gasteiger partial charge on any atom is -0.336 e. The Hall–Kier alpha value is -3.03. The lowest BCUT2D eigenvalue weighted by molar-refractivity contribution is -0.138. The van der Waals surface area contributed by atoms with Gasteiger partial charge >= 0.3 is 0 Å². The molecule has 1 aliphatic heterocycles. The Morgan fingerprint density at radius 3 is 2.17 bits per heavy atom. The number of carbonyl (C=O) groups is 1. The summed E-state index contributed by atoms with van der Waals surface area (Å²) in [5, 5.41) is 0. The molecule has 0 bridgehead atoms. The van der Waals surface area contributed by atoms with Crippen LogP contribution >= 0.6 is 0 Å². The van der Waals surface area contributed by atoms with Gasteiger partial charge in [-0.15, -0.1) is 0 Å². The second kappa shape index (κ2) is 10.9. The van der Waals surface area contributed by atoms with Gasteiger partial charge in [0.2, 0.25) is 15.9 Å². The zero-order valence-electron chi connectivity index (χ0n) is 20.8. The molecular weight excluding hydrogens is 475 g/mol. The van der Waals surface area contributed by atoms with Gasteiger partial charge in [0, 0.05) is 24.9 Å². The molecule has 3 aromatic rings. The number of carbonyl (C=O) groups excluding carboxylic acids is 1. The number of piperidine rings is 1. The molecule has 36 heavy (non-hydrogen) atoms. The molecule has 0 unspecified atom stereocenters. The van der Waals surface area contributed by atoms with E-state index in [2.05, 4.69) is 23.8 Å². The first kappa shape index (κ1) is 26.0. The summed E-state index contributed by atoms with van der Waals surface area (Å²) in [4.78, 5) is 15.4. The number of benzene rings is 3. The van der Waals surface area contributed by atoms with Crippen LogP contribution in [0.25, 0.3) is 11.1 Å². The van der Waals surface area contributed by atoms with Crippen molar-refractivity contribution < 1.29 is 17.6 Å². The third-order valence-electron chi connectivity index (χ3n) is 7.26. The van der Waals surface area contributed by atoms with Crippen LogP contribution in [0.1, 0.15) is 49.8 Å². The van der Waals surface area contributed by atoms with E-state index in [0.29, 0.717) is 25.9 Å². The van der Waals surface area contributed by atoms with Crippen LogP contribution < -0.4 is 4.72 Å². The van der Waals surface area contributed by atoms with Gasteiger partial charge in [0.05, 0.1) is 12.3 Å². The van der Waals surface area contributed by atoms with Gasteiger partial charge in [-0.25, -0.2) is 17.5 Å². The summed E-state index contributed by atoms with van der Waals surface area (Å²) in [5.74, 6) is -0.151. The van der Waals surface area contributed by atoms with E-state index in [1.165, 1.54) is 12.1 Å². The first-order valence-corrected chi connectivity index (χ1v) is 14.2. The summed E-state index contributed by atoms with van der Waals surface area (Å²) in [7, 11) is -3.24. The van der Waals surface area contributed by atoms with E-state index in [-0.39, 0.29) is 23.2 Å². The van der Waals surface area contributed by atoms with Gasteiger partial charge in [-0.1, -0.05) is 66.7 Å². The Morgan fingerprint density at radius 1 is 0.972 bits per heavy atom. The Morgan fingerprint density at radius 2 is 1.58 bits per heavy atom. The molecule has 7 heteroatoms. The van der Waals surface area contributed by atoms with Gasteiger partial charge in [-0.3, -0.25) is 4.79 Å². The van der Waals surface area contributed by atoms with E-state index in [9.17, 15) is 17.6 Å². The molecule has 0 spiro atoms. The zero-order chi connectivity index (χ0) is 25.8. The highest BCUT2D eigenvalue weighted by Crippen LogP contribution is 2.42. The molecule has 0 aliphatic carbocycles. The fraction of sp³-hybridized carbons (Fsp3) is 0.345. The predicted octanol–water partition coefficient (Wildman–Crippen LogP) is 5.44. The summed E-state index contributed by atoms with van der Waals surface area (Å²) in [6, 6.07) is 24.6. The number of hydrogen-bond donors (Lipinski definition) is 1. The molecule has 3 aromatic carbocycles. The van der Waals surface area contributed by atoms with E-state index >= 15 is 0 Å². The van der Waals surface area contributed by atoms with Gasteiger partial charge < -0.3 is 4.90 Å². The van der Waals surface area contributed by atoms with Crippen LogP contribution in [-0.2, 0) is 20.2 Å². The molecule has 1 saturated heterocycles. The van der Waals surface area contributed by atoms with Crippen LogP contribution in [0.15, 0.2) is 78.9 Å². The summed E-state index contributed by atoms with van der Waals surface area (Å²) in [6.45, 7) is 3.05. The Bertz CT molecular complexity index is 1280. The largest absolute Gasteiger partial charge is 0.336 e. The van der Waals surface area contributed by atoms with Gasteiger partial charge in [0.1, 0.15) is 5.82 Å². The first-order valence-electron chi connectivity index (χ1n) is 12.3. The quantitative estimate of drug-likeness (QED) is 0.391. The van der Waals surface area contributed by atoms with E-state index < -0.39 is 10.0 Å². The van der Waals surface area contributed by atoms with Crippen LogP contribution in [0, 0.1) is 5.82 Å². The normalized spacial score (nSPS) is 19.3. The average Bonchev–Trinajstić information content (AvgIpc) is 2.87. The van der Waals surface area contributed by atoms with Crippen molar-refractivity contribution in [1.29, 1.82) is 0 Å². The van der Waals surface area contributed by atoms with Gasteiger partial charge in [0.15, 0.2) is 0 Å². The van der Waals surface area contributed by atoms with Gasteiger partial charge in [0.25, 0.3) is 0 Å². The standard InChI is InChI=1S/C29H33FN2O3S/c1-22(23-9-11-24(12-10-23)25-13-15-27(30)16-14-25)32-20-18-29(21-28(32)33,26-7-4-3-5-8-26)17-6-19-31-36(2,34)35/h3-5,7-16,22,31H,6,17-21H2,1-2H3/t22-,29-/m0/s1. The lowest BCUT2D eigenvalue weighted by Crippen LogP contribution is -2.47. The minimum absolute atomic E-state index is 0.0690. The van der Waals surface area contributed by atoms with Crippen molar-refractivity contribution in [3.05, 3.63) is 95.8 Å². The fourth-order valence-electron chi connectivity index (χ4n) is 5.20. The highest BCUT2D eigenvalue weighted by atomic mass is 32.2. The van der Waals surface area contributed by atoms with Gasteiger partial charge in [-0.2, -0.15) is 0 Å². The topological polar surface area (TPSA) is 66.5 Å². The second-order valence-electron chi connectivity index (χ2n) is 9.74. The average molecular weight is 509 g/mol. The number of sulfonamides is 1. The summed E-state index contributed by atoms with van der Waals surface area (Å²) in [6.07, 6.45) is 3.78. The molecule has 0 radical (unpaired) electrons. The van der Waals surface area contributed by atoms with Crippen molar-refractivity contribution >= 4 is 15.9 Å². The molecule has 190 valence electrons. The van der Waals surface area contributed by atoms with Crippen molar-refractivity contribution in [2.24, 2.45) is 0 Å². The van der Waals surface area contributed by atoms with Crippen molar-refractivity contribution in [3.8, 4) is 11.1 Å². The van der Waals surface area contributed by atoms with E-state index in [0.717, 1.165) is 41.4 Å². The van der Waals surface area contributed by atoms with Crippen molar-refractivity contribution in [2.75, 3.05) is 19.3 Å². The molecule has 5 nitrogen and oxygen atoms in total. The van der Waals surface area contributed by atoms with Crippen LogP contribution in [0.5, 0.6) is 0 Å². The van der Waals surface area contributed by atoms with Crippen LogP contribution in [0.2, 0.25) is 0 Å². The zero-order valence-corrected chi connectivity index (χ0v) is 21.6. The third kappa shape index (κ3) is 6.20. The molecule has 1 N–H and O–H groups in total. The SMILES string of the molecule is C[C@@H](c1ccc(-c2ccc(F)cc2)cc1)N1CC[C@](CCCNS(C)(=O)=O)(c2ccccc2)CC1=O. The first-order chi connectivity index (χ1) is 17.2. The second-order valence-corrected chi connectivity index (χ2v) is 11.6.